The van der Waals surface area contributed by atoms with E-state index in [0.29, 0.717) is 93.6 Å². The van der Waals surface area contributed by atoms with Gasteiger partial charge in [0.2, 0.25) is 17.7 Å². The number of esters is 1. The highest BCUT2D eigenvalue weighted by molar-refractivity contribution is 6.03. The quantitative estimate of drug-likeness (QED) is 0.0375. The van der Waals surface area contributed by atoms with E-state index in [1.165, 1.54) is 26.5 Å². The van der Waals surface area contributed by atoms with Gasteiger partial charge in [-0.1, -0.05) is 12.1 Å². The van der Waals surface area contributed by atoms with Crippen LogP contribution in [0.3, 0.4) is 0 Å². The summed E-state index contributed by atoms with van der Waals surface area (Å²) in [7, 11) is 3.68. The Morgan fingerprint density at radius 2 is 1.63 bits per heavy atom. The van der Waals surface area contributed by atoms with Crippen LogP contribution in [0.15, 0.2) is 58.2 Å². The van der Waals surface area contributed by atoms with Crippen molar-refractivity contribution in [2.75, 3.05) is 50.1 Å². The summed E-state index contributed by atoms with van der Waals surface area (Å²) in [6.07, 6.45) is 8.52. The number of carbonyl (C=O) groups excluding carboxylic acids is 5. The number of carbonyl (C=O) groups is 5. The van der Waals surface area contributed by atoms with Crippen molar-refractivity contribution in [1.82, 2.24) is 39.1 Å². The molecule has 1 aliphatic heterocycles. The van der Waals surface area contributed by atoms with Crippen molar-refractivity contribution in [2.45, 2.75) is 148 Å². The lowest BCUT2D eigenvalue weighted by Crippen LogP contribution is -2.44. The number of imidazole rings is 1. The van der Waals surface area contributed by atoms with Crippen molar-refractivity contribution < 1.29 is 51.4 Å². The Hall–Kier alpha value is -6.81. The molecule has 4 aromatic heterocycles. The Bertz CT molecular complexity index is 3010. The Kier molecular flexibility index (Phi) is 18.0. The lowest BCUT2D eigenvalue weighted by molar-refractivity contribution is -0.161. The van der Waals surface area contributed by atoms with Crippen molar-refractivity contribution in [1.29, 1.82) is 0 Å². The second kappa shape index (κ2) is 24.5. The van der Waals surface area contributed by atoms with Crippen molar-refractivity contribution in [3.05, 3.63) is 76.4 Å². The molecule has 2 aliphatic carbocycles. The number of alkyl halides is 2. The molecule has 0 bridgehead atoms. The van der Waals surface area contributed by atoms with Gasteiger partial charge in [0.05, 0.1) is 28.7 Å². The molecule has 8 rings (SSSR count). The number of amides is 4. The van der Waals surface area contributed by atoms with Gasteiger partial charge in [-0.15, -0.1) is 0 Å². The van der Waals surface area contributed by atoms with Gasteiger partial charge >= 0.3 is 17.8 Å². The highest BCUT2D eigenvalue weighted by Gasteiger charge is 2.35. The Morgan fingerprint density at radius 1 is 0.923 bits per heavy atom. The number of piperidine rings is 1. The minimum Gasteiger partial charge on any atom is -0.460 e. The Morgan fingerprint density at radius 3 is 2.32 bits per heavy atom. The minimum atomic E-state index is -2.96. The van der Waals surface area contributed by atoms with E-state index in [9.17, 15) is 37.5 Å². The zero-order valence-corrected chi connectivity index (χ0v) is 46.0. The molecule has 78 heavy (non-hydrogen) atoms. The number of imide groups is 1. The summed E-state index contributed by atoms with van der Waals surface area (Å²) >= 11 is 0. The average Bonchev–Trinajstić information content (AvgIpc) is 3.78. The van der Waals surface area contributed by atoms with Crippen molar-refractivity contribution in [3.8, 4) is 11.5 Å². The van der Waals surface area contributed by atoms with Crippen LogP contribution < -0.4 is 21.2 Å². The summed E-state index contributed by atoms with van der Waals surface area (Å²) in [5.41, 5.74) is 0.302. The summed E-state index contributed by atoms with van der Waals surface area (Å²) in [4.78, 5) is 90.4. The first-order chi connectivity index (χ1) is 37.0. The van der Waals surface area contributed by atoms with Gasteiger partial charge in [0.25, 0.3) is 12.3 Å². The first kappa shape index (κ1) is 57.4. The molecule has 22 heteroatoms. The van der Waals surface area contributed by atoms with Gasteiger partial charge in [0, 0.05) is 64.3 Å². The van der Waals surface area contributed by atoms with Gasteiger partial charge in [0.1, 0.15) is 29.3 Å². The second-order valence-corrected chi connectivity index (χ2v) is 23.1. The number of fused-ring (bicyclic) bond motifs is 1. The van der Waals surface area contributed by atoms with Gasteiger partial charge in [-0.05, 0) is 155 Å². The first-order valence-corrected chi connectivity index (χ1v) is 27.1. The highest BCUT2D eigenvalue weighted by Crippen LogP contribution is 2.37. The number of aromatic nitrogens is 6. The van der Waals surface area contributed by atoms with Crippen LogP contribution >= 0.6 is 0 Å². The minimum absolute atomic E-state index is 0.0762. The number of anilines is 2. The number of nitrogens with zero attached hydrogens (tertiary/aromatic N) is 8. The number of oxazole rings is 1. The summed E-state index contributed by atoms with van der Waals surface area (Å²) in [5.74, 6) is -1.18. The van der Waals surface area contributed by atoms with Gasteiger partial charge in [0.15, 0.2) is 11.4 Å². The molecular weight excluding hydrogens is 1010 g/mol. The molecule has 0 spiro atoms. The molecule has 0 radical (unpaired) electrons. The highest BCUT2D eigenvalue weighted by atomic mass is 19.3. The van der Waals surface area contributed by atoms with Crippen LogP contribution in [-0.4, -0.2) is 115 Å². The van der Waals surface area contributed by atoms with Crippen LogP contribution in [0.5, 0.6) is 0 Å². The summed E-state index contributed by atoms with van der Waals surface area (Å²) in [5, 5.41) is 9.17. The van der Waals surface area contributed by atoms with Gasteiger partial charge in [-0.25, -0.2) is 28.3 Å². The van der Waals surface area contributed by atoms with Crippen molar-refractivity contribution in [3.63, 3.8) is 0 Å². The van der Waals surface area contributed by atoms with Gasteiger partial charge in [-0.3, -0.25) is 43.2 Å². The molecule has 3 aliphatic rings. The van der Waals surface area contributed by atoms with Crippen molar-refractivity contribution in [2.24, 2.45) is 24.8 Å². The van der Waals surface area contributed by atoms with Crippen LogP contribution in [0, 0.1) is 17.8 Å². The maximum Gasteiger partial charge on any atom is 0.416 e. The number of pyridine rings is 1. The van der Waals surface area contributed by atoms with E-state index >= 15 is 0 Å². The number of hydrogen-bond acceptors (Lipinski definition) is 14. The standard InChI is InChI=1S/C56H74F2N10O10/c1-55(2,3)77-52(72)38(14-11-27-75-26-10-13-36-12-9-15-42-47(36)65(8)53(73)68(42)43-22-23-45(69)62-50(43)71)31-64(7)29-34-18-20-39(21-19-34)67-32-40(46(63-67)48(57)58)60-49(70)41-33-76-51(61-41)37-24-25-59-44(28-37)66(30-35-16-17-35)54(74)78-56(4,5)6/h9,12,15,24-25,28,32-35,38-39,43,48H,10-11,13-14,16-23,26-27,29-31H2,1-8H3,(H,60,70)(H,62,69,71). The van der Waals surface area contributed by atoms with E-state index in [0.717, 1.165) is 49.6 Å². The number of para-hydroxylation sites is 1. The van der Waals surface area contributed by atoms with Gasteiger partial charge < -0.3 is 28.8 Å². The smallest absolute Gasteiger partial charge is 0.416 e. The number of halogens is 2. The molecular formula is C56H74F2N10O10. The van der Waals surface area contributed by atoms with E-state index in [-0.39, 0.29) is 53.7 Å². The number of aryl methyl sites for hydroxylation is 2. The molecule has 2 saturated carbocycles. The summed E-state index contributed by atoms with van der Waals surface area (Å²) in [6, 6.07) is 7.99. The molecule has 4 amide bonds. The third kappa shape index (κ3) is 14.7. The second-order valence-electron chi connectivity index (χ2n) is 23.1. The molecule has 1 saturated heterocycles. The van der Waals surface area contributed by atoms with Crippen LogP contribution in [0.2, 0.25) is 0 Å². The van der Waals surface area contributed by atoms with Crippen molar-refractivity contribution >= 4 is 52.3 Å². The lowest BCUT2D eigenvalue weighted by atomic mass is 9.85. The molecule has 1 aromatic carbocycles. The zero-order chi connectivity index (χ0) is 56.1. The topological polar surface area (TPSA) is 227 Å². The fourth-order valence-electron chi connectivity index (χ4n) is 10.4. The van der Waals surface area contributed by atoms with Crippen LogP contribution in [0.25, 0.3) is 22.5 Å². The monoisotopic (exact) mass is 1080 g/mol. The number of hydrogen-bond donors (Lipinski definition) is 2. The number of benzene rings is 1. The molecule has 2 N–H and O–H groups in total. The molecule has 2 atom stereocenters. The molecule has 5 aromatic rings. The van der Waals surface area contributed by atoms with Crippen LogP contribution in [0.1, 0.15) is 152 Å². The normalized spacial score (nSPS) is 18.6. The summed E-state index contributed by atoms with van der Waals surface area (Å²) in [6.45, 7) is 13.5. The third-order valence-electron chi connectivity index (χ3n) is 14.3. The van der Waals surface area contributed by atoms with E-state index < -0.39 is 53.2 Å². The number of rotatable bonds is 22. The number of nitrogens with one attached hydrogen (secondary N) is 2. The predicted octanol–water partition coefficient (Wildman–Crippen LogP) is 8.96. The zero-order valence-electron chi connectivity index (χ0n) is 46.0. The number of ether oxygens (including phenoxy) is 3. The molecule has 422 valence electrons. The average molecular weight is 1090 g/mol. The van der Waals surface area contributed by atoms with E-state index in [1.807, 2.05) is 46.0 Å². The Labute approximate surface area is 452 Å². The first-order valence-electron chi connectivity index (χ1n) is 27.1. The summed E-state index contributed by atoms with van der Waals surface area (Å²) < 4.78 is 56.7. The van der Waals surface area contributed by atoms with Crippen LogP contribution in [0.4, 0.5) is 25.1 Å². The van der Waals surface area contributed by atoms with Gasteiger partial charge in [-0.2, -0.15) is 5.10 Å². The van der Waals surface area contributed by atoms with E-state index in [1.54, 1.807) is 44.5 Å². The molecule has 2 unspecified atom stereocenters. The lowest BCUT2D eigenvalue weighted by Gasteiger charge is -2.33. The molecule has 3 fully saturated rings. The fourth-order valence-corrected chi connectivity index (χ4v) is 10.4. The molecule has 5 heterocycles. The maximum absolute atomic E-state index is 14.4. The van der Waals surface area contributed by atoms with E-state index in [4.69, 9.17) is 18.6 Å². The third-order valence-corrected chi connectivity index (χ3v) is 14.3. The van der Waals surface area contributed by atoms with E-state index in [2.05, 4.69) is 30.6 Å². The van der Waals surface area contributed by atoms with Crippen LogP contribution in [-0.2, 0) is 42.1 Å². The molecule has 20 nitrogen and oxygen atoms in total. The Balaban J connectivity index is 0.806. The fraction of sp³-hybridized carbons (Fsp3) is 0.589. The largest absolute Gasteiger partial charge is 0.460 e. The SMILES string of the molecule is CN(CC1CCC(n2cc(NC(=O)c3coc(-c4ccnc(N(CC5CC5)C(=O)OC(C)(C)C)c4)n3)c(C(F)F)n2)CC1)CC(CCCOCCCc1cccc2c1n(C)c(=O)n2C1CCC(=O)NC1=O)C(=O)OC(C)(C)C. The predicted molar refractivity (Wildman–Crippen MR) is 286 cm³/mol. The maximum atomic E-state index is 14.4.